The summed E-state index contributed by atoms with van der Waals surface area (Å²) in [5, 5.41) is 0.937. The normalized spacial score (nSPS) is 13.3. The first kappa shape index (κ1) is 20.2. The largest absolute Gasteiger partial charge is 0.573 e. The first-order chi connectivity index (χ1) is 15.4. The molecule has 4 nitrogen and oxygen atoms in total. The van der Waals surface area contributed by atoms with E-state index in [1.54, 1.807) is 12.1 Å². The average molecular weight is 436 g/mol. The molecule has 0 saturated carbocycles. The summed E-state index contributed by atoms with van der Waals surface area (Å²) in [6, 6.07) is 21.3. The van der Waals surface area contributed by atoms with Crippen molar-refractivity contribution >= 4 is 22.3 Å². The average Bonchev–Trinajstić information content (AvgIpc) is 3.21. The number of hydrogen-bond acceptors (Lipinski definition) is 4. The fourth-order valence-corrected chi connectivity index (χ4v) is 4.12. The maximum atomic E-state index is 12.5. The number of anilines is 2. The van der Waals surface area contributed by atoms with Crippen LogP contribution >= 0.6 is 0 Å². The summed E-state index contributed by atoms with van der Waals surface area (Å²) in [7, 11) is 0. The summed E-state index contributed by atoms with van der Waals surface area (Å²) < 4.78 is 47.6. The van der Waals surface area contributed by atoms with Gasteiger partial charge in [-0.1, -0.05) is 30.3 Å². The molecule has 0 radical (unpaired) electrons. The smallest absolute Gasteiger partial charge is 0.455 e. The predicted octanol–water partition coefficient (Wildman–Crippen LogP) is 6.93. The lowest BCUT2D eigenvalue weighted by Crippen LogP contribution is -2.17. The van der Waals surface area contributed by atoms with Crippen LogP contribution in [-0.4, -0.2) is 17.9 Å². The van der Waals surface area contributed by atoms with Crippen LogP contribution in [0.4, 0.5) is 24.5 Å². The van der Waals surface area contributed by atoms with Crippen LogP contribution in [0.15, 0.2) is 72.8 Å². The Morgan fingerprint density at radius 1 is 0.875 bits per heavy atom. The van der Waals surface area contributed by atoms with Crippen LogP contribution in [0.3, 0.4) is 0 Å². The van der Waals surface area contributed by atoms with Gasteiger partial charge in [-0.3, -0.25) is 0 Å². The number of nitrogens with zero attached hydrogens (tertiary/aromatic N) is 2. The highest BCUT2D eigenvalue weighted by molar-refractivity contribution is 6.00. The van der Waals surface area contributed by atoms with Gasteiger partial charge < -0.3 is 14.4 Å². The standard InChI is InChI=1S/C25H19F3N2O2/c1-16-20-14-15-30(17-10-12-19(13-11-17)32-25(26,27)28)24(20)21-8-5-9-22(23(21)29-16)31-18-6-3-2-4-7-18/h2-13H,14-15H2,1H3. The number of rotatable bonds is 4. The number of pyridine rings is 1. The number of alkyl halides is 3. The highest BCUT2D eigenvalue weighted by Crippen LogP contribution is 2.43. The number of aromatic nitrogens is 1. The Balaban J connectivity index is 1.56. The fourth-order valence-electron chi connectivity index (χ4n) is 4.12. The zero-order chi connectivity index (χ0) is 22.3. The van der Waals surface area contributed by atoms with E-state index in [9.17, 15) is 13.2 Å². The van der Waals surface area contributed by atoms with E-state index < -0.39 is 6.36 Å². The van der Waals surface area contributed by atoms with Crippen molar-refractivity contribution in [3.63, 3.8) is 0 Å². The van der Waals surface area contributed by atoms with Crippen molar-refractivity contribution in [2.45, 2.75) is 19.7 Å². The molecule has 0 spiro atoms. The Morgan fingerprint density at radius 3 is 2.34 bits per heavy atom. The summed E-state index contributed by atoms with van der Waals surface area (Å²) in [6.45, 7) is 2.68. The number of benzene rings is 3. The van der Waals surface area contributed by atoms with E-state index in [1.807, 2.05) is 55.5 Å². The molecule has 0 unspecified atom stereocenters. The summed E-state index contributed by atoms with van der Waals surface area (Å²) >= 11 is 0. The third-order valence-electron chi connectivity index (χ3n) is 5.46. The molecule has 0 fully saturated rings. The molecule has 5 rings (SSSR count). The van der Waals surface area contributed by atoms with Crippen molar-refractivity contribution in [2.24, 2.45) is 0 Å². The van der Waals surface area contributed by atoms with E-state index >= 15 is 0 Å². The van der Waals surface area contributed by atoms with Gasteiger partial charge in [-0.2, -0.15) is 0 Å². The van der Waals surface area contributed by atoms with E-state index in [2.05, 4.69) is 9.64 Å². The Hall–Kier alpha value is -3.74. The number of halogens is 3. The fraction of sp³-hybridized carbons (Fsp3) is 0.160. The van der Waals surface area contributed by atoms with Crippen LogP contribution in [0, 0.1) is 6.92 Å². The molecule has 32 heavy (non-hydrogen) atoms. The van der Waals surface area contributed by atoms with E-state index in [4.69, 9.17) is 9.72 Å². The minimum Gasteiger partial charge on any atom is -0.455 e. The van der Waals surface area contributed by atoms with Gasteiger partial charge >= 0.3 is 6.36 Å². The second-order valence-corrected chi connectivity index (χ2v) is 7.54. The number of fused-ring (bicyclic) bond motifs is 3. The minimum absolute atomic E-state index is 0.241. The third-order valence-corrected chi connectivity index (χ3v) is 5.46. The number of ether oxygens (including phenoxy) is 2. The highest BCUT2D eigenvalue weighted by atomic mass is 19.4. The maximum Gasteiger partial charge on any atom is 0.573 e. The molecule has 0 bridgehead atoms. The van der Waals surface area contributed by atoms with Crippen LogP contribution in [0.5, 0.6) is 17.2 Å². The van der Waals surface area contributed by atoms with Crippen molar-refractivity contribution in [1.29, 1.82) is 0 Å². The molecule has 3 aromatic carbocycles. The lowest BCUT2D eigenvalue weighted by atomic mass is 10.1. The van der Waals surface area contributed by atoms with Crippen molar-refractivity contribution in [3.05, 3.63) is 84.1 Å². The van der Waals surface area contributed by atoms with E-state index in [1.165, 1.54) is 12.1 Å². The lowest BCUT2D eigenvalue weighted by molar-refractivity contribution is -0.274. The van der Waals surface area contributed by atoms with Gasteiger partial charge in [0.25, 0.3) is 0 Å². The lowest BCUT2D eigenvalue weighted by Gasteiger charge is -2.22. The molecule has 1 aliphatic heterocycles. The molecule has 0 atom stereocenters. The van der Waals surface area contributed by atoms with Crippen LogP contribution in [0.2, 0.25) is 0 Å². The molecular weight excluding hydrogens is 417 g/mol. The molecule has 0 amide bonds. The highest BCUT2D eigenvalue weighted by Gasteiger charge is 2.31. The quantitative estimate of drug-likeness (QED) is 0.348. The summed E-state index contributed by atoms with van der Waals surface area (Å²) in [6.07, 6.45) is -3.91. The van der Waals surface area contributed by atoms with E-state index in [-0.39, 0.29) is 5.75 Å². The molecule has 162 valence electrons. The zero-order valence-electron chi connectivity index (χ0n) is 17.2. The molecule has 0 N–H and O–H groups in total. The van der Waals surface area contributed by atoms with Gasteiger partial charge in [-0.15, -0.1) is 13.2 Å². The summed E-state index contributed by atoms with van der Waals surface area (Å²) in [5.41, 5.74) is 4.59. The molecule has 1 aromatic heterocycles. The molecule has 7 heteroatoms. The van der Waals surface area contributed by atoms with Crippen molar-refractivity contribution < 1.29 is 22.6 Å². The Labute approximate surface area is 182 Å². The Bertz CT molecular complexity index is 1270. The van der Waals surface area contributed by atoms with Crippen LogP contribution in [0.1, 0.15) is 11.3 Å². The first-order valence-corrected chi connectivity index (χ1v) is 10.2. The van der Waals surface area contributed by atoms with Crippen molar-refractivity contribution in [2.75, 3.05) is 11.4 Å². The predicted molar refractivity (Wildman–Crippen MR) is 117 cm³/mol. The summed E-state index contributed by atoms with van der Waals surface area (Å²) in [5.74, 6) is 1.13. The molecular formula is C25H19F3N2O2. The number of aryl methyl sites for hydroxylation is 1. The van der Waals surface area contributed by atoms with Gasteiger partial charge in [0.2, 0.25) is 0 Å². The van der Waals surface area contributed by atoms with Gasteiger partial charge in [0.1, 0.15) is 17.0 Å². The van der Waals surface area contributed by atoms with Gasteiger partial charge in [0.15, 0.2) is 5.75 Å². The maximum absolute atomic E-state index is 12.5. The van der Waals surface area contributed by atoms with Gasteiger partial charge in [0.05, 0.1) is 5.69 Å². The van der Waals surface area contributed by atoms with Crippen LogP contribution in [0.25, 0.3) is 10.9 Å². The van der Waals surface area contributed by atoms with Crippen LogP contribution < -0.4 is 14.4 Å². The van der Waals surface area contributed by atoms with Crippen LogP contribution in [-0.2, 0) is 6.42 Å². The Kier molecular flexibility index (Phi) is 4.89. The zero-order valence-corrected chi connectivity index (χ0v) is 17.2. The molecule has 1 aliphatic rings. The minimum atomic E-state index is -4.71. The number of hydrogen-bond donors (Lipinski definition) is 0. The molecule has 0 saturated heterocycles. The topological polar surface area (TPSA) is 34.6 Å². The molecule has 2 heterocycles. The first-order valence-electron chi connectivity index (χ1n) is 10.2. The molecule has 4 aromatic rings. The van der Waals surface area contributed by atoms with E-state index in [0.29, 0.717) is 12.3 Å². The van der Waals surface area contributed by atoms with Gasteiger partial charge in [-0.05, 0) is 61.4 Å². The van der Waals surface area contributed by atoms with Gasteiger partial charge in [-0.25, -0.2) is 4.98 Å². The summed E-state index contributed by atoms with van der Waals surface area (Å²) in [4.78, 5) is 6.94. The number of para-hydroxylation sites is 2. The van der Waals surface area contributed by atoms with Crippen molar-refractivity contribution in [3.8, 4) is 17.2 Å². The Morgan fingerprint density at radius 2 is 1.62 bits per heavy atom. The third kappa shape index (κ3) is 3.82. The SMILES string of the molecule is Cc1nc2c(Oc3ccccc3)cccc2c2c1CCN2c1ccc(OC(F)(F)F)cc1. The molecule has 0 aliphatic carbocycles. The second kappa shape index (κ2) is 7.75. The van der Waals surface area contributed by atoms with Gasteiger partial charge in [0, 0.05) is 23.3 Å². The van der Waals surface area contributed by atoms with E-state index in [0.717, 1.165) is 45.7 Å². The monoisotopic (exact) mass is 436 g/mol. The van der Waals surface area contributed by atoms with Crippen molar-refractivity contribution in [1.82, 2.24) is 4.98 Å². The second-order valence-electron chi connectivity index (χ2n) is 7.54.